The van der Waals surface area contributed by atoms with E-state index in [0.717, 1.165) is 11.2 Å². The van der Waals surface area contributed by atoms with Gasteiger partial charge in [-0.05, 0) is 68.4 Å². The van der Waals surface area contributed by atoms with Crippen molar-refractivity contribution in [2.24, 2.45) is 0 Å². The maximum absolute atomic E-state index is 6.42. The number of hydrogen-bond donors (Lipinski definition) is 0. The summed E-state index contributed by atoms with van der Waals surface area (Å²) in [7, 11) is 0. The van der Waals surface area contributed by atoms with Crippen LogP contribution < -0.4 is 0 Å². The minimum Gasteiger partial charge on any atom is -0.456 e. The van der Waals surface area contributed by atoms with Gasteiger partial charge in [-0.3, -0.25) is 0 Å². The van der Waals surface area contributed by atoms with Crippen LogP contribution in [-0.2, 0) is 5.41 Å². The van der Waals surface area contributed by atoms with Crippen molar-refractivity contribution in [2.75, 3.05) is 0 Å². The molecule has 7 rings (SSSR count). The summed E-state index contributed by atoms with van der Waals surface area (Å²) >= 11 is 0. The van der Waals surface area contributed by atoms with Crippen LogP contribution in [0, 0.1) is 0 Å². The third-order valence-corrected chi connectivity index (χ3v) is 7.26. The van der Waals surface area contributed by atoms with Gasteiger partial charge >= 0.3 is 0 Å². The van der Waals surface area contributed by atoms with Crippen molar-refractivity contribution in [3.05, 3.63) is 108 Å². The molecule has 152 valence electrons. The van der Waals surface area contributed by atoms with E-state index in [9.17, 15) is 0 Å². The molecule has 0 saturated carbocycles. The lowest BCUT2D eigenvalue weighted by Gasteiger charge is -2.21. The maximum Gasteiger partial charge on any atom is 0.136 e. The highest BCUT2D eigenvalue weighted by Crippen LogP contribution is 2.51. The van der Waals surface area contributed by atoms with Gasteiger partial charge in [-0.25, -0.2) is 0 Å². The second-order valence-corrected chi connectivity index (χ2v) is 9.41. The van der Waals surface area contributed by atoms with Gasteiger partial charge in [-0.1, -0.05) is 86.6 Å². The van der Waals surface area contributed by atoms with E-state index < -0.39 is 0 Å². The normalized spacial score (nSPS) is 14.2. The smallest absolute Gasteiger partial charge is 0.136 e. The van der Waals surface area contributed by atoms with Crippen molar-refractivity contribution in [1.82, 2.24) is 0 Å². The molecule has 32 heavy (non-hydrogen) atoms. The predicted molar refractivity (Wildman–Crippen MR) is 134 cm³/mol. The highest BCUT2D eigenvalue weighted by molar-refractivity contribution is 6.14. The third kappa shape index (κ3) is 2.28. The number of fused-ring (bicyclic) bond motifs is 7. The van der Waals surface area contributed by atoms with Crippen LogP contribution in [0.2, 0.25) is 0 Å². The zero-order valence-electron chi connectivity index (χ0n) is 18.1. The minimum absolute atomic E-state index is 0.0275. The van der Waals surface area contributed by atoms with Gasteiger partial charge in [0, 0.05) is 16.2 Å². The van der Waals surface area contributed by atoms with Crippen LogP contribution in [0.4, 0.5) is 0 Å². The number of furan rings is 1. The lowest BCUT2D eigenvalue weighted by molar-refractivity contribution is 0.647. The Hall–Kier alpha value is -3.84. The van der Waals surface area contributed by atoms with Crippen LogP contribution in [0.25, 0.3) is 55.0 Å². The molecule has 0 fully saturated rings. The van der Waals surface area contributed by atoms with Gasteiger partial charge in [0.2, 0.25) is 0 Å². The van der Waals surface area contributed by atoms with Gasteiger partial charge in [0.1, 0.15) is 11.2 Å². The average molecular weight is 411 g/mol. The fraction of sp³-hybridized carbons (Fsp3) is 0.0968. The summed E-state index contributed by atoms with van der Waals surface area (Å²) in [5.41, 5.74) is 9.73. The van der Waals surface area contributed by atoms with Crippen molar-refractivity contribution in [1.29, 1.82) is 0 Å². The Labute approximate surface area is 186 Å². The quantitative estimate of drug-likeness (QED) is 0.264. The second kappa shape index (κ2) is 6.11. The van der Waals surface area contributed by atoms with Gasteiger partial charge < -0.3 is 4.42 Å². The van der Waals surface area contributed by atoms with Gasteiger partial charge in [0.25, 0.3) is 0 Å². The fourth-order valence-electron chi connectivity index (χ4n) is 5.62. The summed E-state index contributed by atoms with van der Waals surface area (Å²) in [6, 6.07) is 35.1. The number of rotatable bonds is 1. The Morgan fingerprint density at radius 3 is 2.25 bits per heavy atom. The average Bonchev–Trinajstić information content (AvgIpc) is 3.30. The Bertz CT molecular complexity index is 1700. The monoisotopic (exact) mass is 410 g/mol. The molecule has 0 atom stereocenters. The molecule has 0 bridgehead atoms. The predicted octanol–water partition coefficient (Wildman–Crippen LogP) is 8.71. The van der Waals surface area contributed by atoms with Crippen molar-refractivity contribution < 1.29 is 4.42 Å². The van der Waals surface area contributed by atoms with E-state index in [2.05, 4.69) is 111 Å². The molecular formula is C31H22O. The van der Waals surface area contributed by atoms with E-state index in [1.165, 1.54) is 54.9 Å². The Morgan fingerprint density at radius 1 is 0.562 bits per heavy atom. The van der Waals surface area contributed by atoms with Crippen LogP contribution in [0.3, 0.4) is 0 Å². The summed E-state index contributed by atoms with van der Waals surface area (Å²) < 4.78 is 6.42. The SMILES string of the molecule is CC1(C)c2ccccc2-c2cc3c(cc21)oc1cccc(-c2ccc4ccccc4c2)c13. The van der Waals surface area contributed by atoms with Crippen LogP contribution in [0.5, 0.6) is 0 Å². The minimum atomic E-state index is -0.0275. The molecular weight excluding hydrogens is 388 g/mol. The zero-order valence-corrected chi connectivity index (χ0v) is 18.1. The molecule has 0 N–H and O–H groups in total. The molecule has 5 aromatic carbocycles. The van der Waals surface area contributed by atoms with Gasteiger partial charge in [-0.2, -0.15) is 0 Å². The summed E-state index contributed by atoms with van der Waals surface area (Å²) in [5.74, 6) is 0. The Morgan fingerprint density at radius 2 is 1.34 bits per heavy atom. The van der Waals surface area contributed by atoms with E-state index in [1.807, 2.05) is 0 Å². The summed E-state index contributed by atoms with van der Waals surface area (Å²) in [4.78, 5) is 0. The molecule has 1 aliphatic carbocycles. The third-order valence-electron chi connectivity index (χ3n) is 7.26. The number of hydrogen-bond acceptors (Lipinski definition) is 1. The van der Waals surface area contributed by atoms with E-state index >= 15 is 0 Å². The van der Waals surface area contributed by atoms with Crippen LogP contribution in [-0.4, -0.2) is 0 Å². The second-order valence-electron chi connectivity index (χ2n) is 9.41. The van der Waals surface area contributed by atoms with Crippen LogP contribution in [0.1, 0.15) is 25.0 Å². The molecule has 0 saturated heterocycles. The van der Waals surface area contributed by atoms with Crippen LogP contribution in [0.15, 0.2) is 101 Å². The first-order valence-electron chi connectivity index (χ1n) is 11.2. The first kappa shape index (κ1) is 17.8. The molecule has 1 nitrogen and oxygen atoms in total. The fourth-order valence-corrected chi connectivity index (χ4v) is 5.62. The van der Waals surface area contributed by atoms with Gasteiger partial charge in [0.05, 0.1) is 0 Å². The molecule has 0 radical (unpaired) electrons. The van der Waals surface area contributed by atoms with Gasteiger partial charge in [0.15, 0.2) is 0 Å². The first-order valence-corrected chi connectivity index (χ1v) is 11.2. The van der Waals surface area contributed by atoms with Crippen molar-refractivity contribution in [3.63, 3.8) is 0 Å². The summed E-state index contributed by atoms with van der Waals surface area (Å²) in [5, 5.41) is 4.90. The highest BCUT2D eigenvalue weighted by atomic mass is 16.3. The summed E-state index contributed by atoms with van der Waals surface area (Å²) in [6.07, 6.45) is 0. The molecule has 0 aliphatic heterocycles. The molecule has 1 heterocycles. The molecule has 1 aliphatic rings. The van der Waals surface area contributed by atoms with Crippen molar-refractivity contribution in [2.45, 2.75) is 19.3 Å². The van der Waals surface area contributed by atoms with Crippen LogP contribution >= 0.6 is 0 Å². The lowest BCUT2D eigenvalue weighted by atomic mass is 9.82. The topological polar surface area (TPSA) is 13.1 Å². The highest BCUT2D eigenvalue weighted by Gasteiger charge is 2.36. The molecule has 6 aromatic rings. The van der Waals surface area contributed by atoms with Crippen molar-refractivity contribution in [3.8, 4) is 22.3 Å². The summed E-state index contributed by atoms with van der Waals surface area (Å²) in [6.45, 7) is 4.62. The zero-order chi connectivity index (χ0) is 21.4. The molecule has 1 aromatic heterocycles. The Kier molecular flexibility index (Phi) is 3.40. The van der Waals surface area contributed by atoms with E-state index in [1.54, 1.807) is 0 Å². The van der Waals surface area contributed by atoms with Crippen molar-refractivity contribution >= 4 is 32.7 Å². The largest absolute Gasteiger partial charge is 0.456 e. The standard InChI is InChI=1S/C31H22O/c1-31(2)26-12-6-5-10-23(26)24-17-25-29(18-27(24)31)32-28-13-7-11-22(30(25)28)21-15-14-19-8-3-4-9-20(19)16-21/h3-18H,1-2H3. The Balaban J connectivity index is 1.55. The maximum atomic E-state index is 6.42. The molecule has 0 spiro atoms. The molecule has 0 unspecified atom stereocenters. The molecule has 0 amide bonds. The lowest BCUT2D eigenvalue weighted by Crippen LogP contribution is -2.14. The first-order chi connectivity index (χ1) is 15.6. The van der Waals surface area contributed by atoms with E-state index in [0.29, 0.717) is 0 Å². The molecule has 1 heteroatoms. The van der Waals surface area contributed by atoms with Gasteiger partial charge in [-0.15, -0.1) is 0 Å². The van der Waals surface area contributed by atoms with E-state index in [-0.39, 0.29) is 5.41 Å². The number of benzene rings is 5. The van der Waals surface area contributed by atoms with E-state index in [4.69, 9.17) is 4.42 Å².